The lowest BCUT2D eigenvalue weighted by Crippen LogP contribution is -2.48. The Balaban J connectivity index is 3.56. The molecule has 0 fully saturated rings. The van der Waals surface area contributed by atoms with Crippen LogP contribution in [0.1, 0.15) is 91.9 Å². The molecule has 3 heteroatoms. The molecular formula is C17H36N2S. The van der Waals surface area contributed by atoms with Crippen molar-refractivity contribution in [1.29, 1.82) is 0 Å². The van der Waals surface area contributed by atoms with E-state index in [2.05, 4.69) is 38.3 Å². The highest BCUT2D eigenvalue weighted by atomic mass is 32.1. The van der Waals surface area contributed by atoms with E-state index in [1.165, 1.54) is 64.2 Å². The van der Waals surface area contributed by atoms with Gasteiger partial charge in [-0.2, -0.15) is 0 Å². The fourth-order valence-electron chi connectivity index (χ4n) is 2.34. The normalized spacial score (nSPS) is 11.4. The average molecular weight is 301 g/mol. The van der Waals surface area contributed by atoms with Gasteiger partial charge in [-0.25, -0.2) is 0 Å². The maximum absolute atomic E-state index is 5.38. The summed E-state index contributed by atoms with van der Waals surface area (Å²) in [4.78, 5) is 0. The van der Waals surface area contributed by atoms with E-state index in [-0.39, 0.29) is 5.54 Å². The van der Waals surface area contributed by atoms with E-state index in [9.17, 15) is 0 Å². The molecule has 0 bridgehead atoms. The van der Waals surface area contributed by atoms with E-state index in [4.69, 9.17) is 12.2 Å². The topological polar surface area (TPSA) is 24.1 Å². The van der Waals surface area contributed by atoms with Crippen LogP contribution in [0, 0.1) is 0 Å². The van der Waals surface area contributed by atoms with Gasteiger partial charge in [-0.15, -0.1) is 0 Å². The molecule has 0 saturated heterocycles. The maximum Gasteiger partial charge on any atom is 0.166 e. The number of thiocarbonyl (C=S) groups is 1. The second kappa shape index (κ2) is 12.4. The molecule has 0 amide bonds. The van der Waals surface area contributed by atoms with E-state index >= 15 is 0 Å². The van der Waals surface area contributed by atoms with Crippen molar-refractivity contribution in [2.45, 2.75) is 97.4 Å². The van der Waals surface area contributed by atoms with Gasteiger partial charge >= 0.3 is 0 Å². The summed E-state index contributed by atoms with van der Waals surface area (Å²) in [5.41, 5.74) is 0.111. The first-order valence-corrected chi connectivity index (χ1v) is 8.98. The van der Waals surface area contributed by atoms with Gasteiger partial charge in [0.15, 0.2) is 5.11 Å². The summed E-state index contributed by atoms with van der Waals surface area (Å²) < 4.78 is 0. The van der Waals surface area contributed by atoms with E-state index in [0.717, 1.165) is 11.7 Å². The minimum Gasteiger partial charge on any atom is -0.363 e. The Hall–Kier alpha value is -0.310. The lowest BCUT2D eigenvalue weighted by molar-refractivity contribution is 0.402. The zero-order valence-corrected chi connectivity index (χ0v) is 15.0. The van der Waals surface area contributed by atoms with Gasteiger partial charge in [0.2, 0.25) is 0 Å². The van der Waals surface area contributed by atoms with Crippen molar-refractivity contribution in [3.8, 4) is 0 Å². The first kappa shape index (κ1) is 19.7. The van der Waals surface area contributed by atoms with Crippen LogP contribution in [-0.4, -0.2) is 17.2 Å². The predicted molar refractivity (Wildman–Crippen MR) is 95.3 cm³/mol. The van der Waals surface area contributed by atoms with Gasteiger partial charge in [0, 0.05) is 12.1 Å². The second-order valence-electron chi connectivity index (χ2n) is 6.49. The molecule has 120 valence electrons. The zero-order chi connectivity index (χ0) is 15.3. The van der Waals surface area contributed by atoms with E-state index in [0.29, 0.717) is 0 Å². The van der Waals surface area contributed by atoms with Crippen LogP contribution in [0.2, 0.25) is 0 Å². The van der Waals surface area contributed by atoms with Crippen molar-refractivity contribution in [2.24, 2.45) is 0 Å². The Kier molecular flexibility index (Phi) is 12.2. The highest BCUT2D eigenvalue weighted by Gasteiger charge is 2.17. The molecule has 0 saturated carbocycles. The third-order valence-electron chi connectivity index (χ3n) is 3.67. The summed E-state index contributed by atoms with van der Waals surface area (Å²) in [5.74, 6) is 0. The number of rotatable bonds is 12. The van der Waals surface area contributed by atoms with Gasteiger partial charge in [-0.3, -0.25) is 0 Å². The minimum atomic E-state index is 0.111. The molecule has 0 aromatic rings. The molecule has 0 radical (unpaired) electrons. The fraction of sp³-hybridized carbons (Fsp3) is 0.941. The van der Waals surface area contributed by atoms with Gasteiger partial charge in [-0.1, -0.05) is 65.2 Å². The molecule has 0 aliphatic heterocycles. The quantitative estimate of drug-likeness (QED) is 0.384. The number of unbranched alkanes of at least 4 members (excludes halogenated alkanes) is 7. The van der Waals surface area contributed by atoms with Crippen LogP contribution in [0.4, 0.5) is 0 Å². The van der Waals surface area contributed by atoms with Gasteiger partial charge in [-0.05, 0) is 38.9 Å². The predicted octanol–water partition coefficient (Wildman–Crippen LogP) is 5.17. The number of hydrogen-bond acceptors (Lipinski definition) is 1. The summed E-state index contributed by atoms with van der Waals surface area (Å²) in [6.07, 6.45) is 13.0. The third kappa shape index (κ3) is 12.7. The molecule has 2 nitrogen and oxygen atoms in total. The smallest absolute Gasteiger partial charge is 0.166 e. The summed E-state index contributed by atoms with van der Waals surface area (Å²) in [7, 11) is 0. The van der Waals surface area contributed by atoms with Crippen molar-refractivity contribution in [3.05, 3.63) is 0 Å². The Morgan fingerprint density at radius 3 is 2.05 bits per heavy atom. The average Bonchev–Trinajstić information content (AvgIpc) is 2.37. The van der Waals surface area contributed by atoms with Crippen LogP contribution in [0.15, 0.2) is 0 Å². The highest BCUT2D eigenvalue weighted by molar-refractivity contribution is 7.80. The molecule has 0 atom stereocenters. The molecule has 2 N–H and O–H groups in total. The van der Waals surface area contributed by atoms with Gasteiger partial charge in [0.05, 0.1) is 0 Å². The van der Waals surface area contributed by atoms with Crippen molar-refractivity contribution in [2.75, 3.05) is 6.54 Å². The van der Waals surface area contributed by atoms with Crippen LogP contribution in [0.25, 0.3) is 0 Å². The molecule has 0 rings (SSSR count). The van der Waals surface area contributed by atoms with Gasteiger partial charge in [0.1, 0.15) is 0 Å². The molecule has 0 unspecified atom stereocenters. The van der Waals surface area contributed by atoms with Crippen LogP contribution in [0.3, 0.4) is 0 Å². The lowest BCUT2D eigenvalue weighted by Gasteiger charge is -2.28. The summed E-state index contributed by atoms with van der Waals surface area (Å²) in [6.45, 7) is 9.98. The molecule has 20 heavy (non-hydrogen) atoms. The van der Waals surface area contributed by atoms with Crippen molar-refractivity contribution < 1.29 is 0 Å². The molecule has 0 aliphatic carbocycles. The Morgan fingerprint density at radius 1 is 0.850 bits per heavy atom. The third-order valence-corrected chi connectivity index (χ3v) is 3.92. The molecule has 0 aromatic carbocycles. The van der Waals surface area contributed by atoms with Crippen molar-refractivity contribution in [1.82, 2.24) is 10.6 Å². The number of nitrogens with one attached hydrogen (secondary N) is 2. The van der Waals surface area contributed by atoms with Crippen LogP contribution in [-0.2, 0) is 0 Å². The molecule has 0 spiro atoms. The fourth-order valence-corrected chi connectivity index (χ4v) is 2.72. The van der Waals surface area contributed by atoms with E-state index in [1.54, 1.807) is 0 Å². The lowest BCUT2D eigenvalue weighted by atomic mass is 9.97. The minimum absolute atomic E-state index is 0.111. The van der Waals surface area contributed by atoms with Crippen molar-refractivity contribution >= 4 is 17.3 Å². The molecule has 0 aromatic heterocycles. The van der Waals surface area contributed by atoms with Gasteiger partial charge < -0.3 is 10.6 Å². The van der Waals surface area contributed by atoms with Crippen LogP contribution < -0.4 is 10.6 Å². The molecule has 0 heterocycles. The molecular weight excluding hydrogens is 264 g/mol. The van der Waals surface area contributed by atoms with E-state index in [1.807, 2.05) is 0 Å². The monoisotopic (exact) mass is 300 g/mol. The first-order valence-electron chi connectivity index (χ1n) is 8.58. The molecule has 0 aliphatic rings. The Morgan fingerprint density at radius 2 is 1.40 bits per heavy atom. The van der Waals surface area contributed by atoms with E-state index < -0.39 is 0 Å². The number of hydrogen-bond donors (Lipinski definition) is 2. The Labute approximate surface area is 132 Å². The van der Waals surface area contributed by atoms with Crippen molar-refractivity contribution in [3.63, 3.8) is 0 Å². The van der Waals surface area contributed by atoms with Gasteiger partial charge in [0.25, 0.3) is 0 Å². The zero-order valence-electron chi connectivity index (χ0n) is 14.2. The standard InChI is InChI=1S/C17H36N2S/c1-5-7-9-10-11-13-15-18-16(20)19-17(3,4)14-12-8-6-2/h5-15H2,1-4H3,(H2,18,19,20). The van der Waals surface area contributed by atoms with Crippen LogP contribution in [0.5, 0.6) is 0 Å². The highest BCUT2D eigenvalue weighted by Crippen LogP contribution is 2.13. The Bertz CT molecular complexity index is 239. The second-order valence-corrected chi connectivity index (χ2v) is 6.90. The van der Waals surface area contributed by atoms with Crippen LogP contribution >= 0.6 is 12.2 Å². The summed E-state index contributed by atoms with van der Waals surface area (Å²) in [6, 6.07) is 0. The summed E-state index contributed by atoms with van der Waals surface area (Å²) in [5, 5.41) is 7.61. The maximum atomic E-state index is 5.38. The first-order chi connectivity index (χ1) is 9.52. The summed E-state index contributed by atoms with van der Waals surface area (Å²) >= 11 is 5.38. The largest absolute Gasteiger partial charge is 0.363 e. The SMILES string of the molecule is CCCCCCCCNC(=S)NC(C)(C)CCCCC.